The molecule has 2 N–H and O–H groups in total. The van der Waals surface area contributed by atoms with E-state index < -0.39 is 0 Å². The van der Waals surface area contributed by atoms with Crippen LogP contribution >= 0.6 is 0 Å². The molecule has 0 saturated carbocycles. The number of aliphatic hydroxyl groups is 1. The second kappa shape index (κ2) is 6.61. The molecule has 1 rings (SSSR count). The highest BCUT2D eigenvalue weighted by Crippen LogP contribution is 2.14. The molecule has 0 radical (unpaired) electrons. The van der Waals surface area contributed by atoms with Crippen LogP contribution in [0.5, 0.6) is 0 Å². The Hall–Kier alpha value is -0.930. The molecule has 0 spiro atoms. The Morgan fingerprint density at radius 2 is 2.12 bits per heavy atom. The van der Waals surface area contributed by atoms with E-state index in [1.165, 1.54) is 6.07 Å². The number of rotatable bonds is 6. The smallest absolute Gasteiger partial charge is 0.123 e. The molecule has 90 valence electrons. The van der Waals surface area contributed by atoms with Crippen LogP contribution in [0.1, 0.15) is 38.3 Å². The molecule has 2 atom stereocenters. The van der Waals surface area contributed by atoms with Crippen molar-refractivity contribution in [1.82, 2.24) is 5.32 Å². The van der Waals surface area contributed by atoms with Gasteiger partial charge in [0.1, 0.15) is 5.82 Å². The lowest BCUT2D eigenvalue weighted by atomic mass is 10.1. The largest absolute Gasteiger partial charge is 0.396 e. The van der Waals surface area contributed by atoms with Gasteiger partial charge in [0, 0.05) is 18.7 Å². The van der Waals surface area contributed by atoms with Crippen LogP contribution in [-0.2, 0) is 0 Å². The molecule has 0 aliphatic carbocycles. The fourth-order valence-corrected chi connectivity index (χ4v) is 1.78. The lowest BCUT2D eigenvalue weighted by molar-refractivity contribution is 0.274. The van der Waals surface area contributed by atoms with Gasteiger partial charge >= 0.3 is 0 Å². The Balaban J connectivity index is 2.48. The predicted octanol–water partition coefficient (Wildman–Crippen LogP) is 2.64. The minimum atomic E-state index is -0.200. The third-order valence-electron chi connectivity index (χ3n) is 2.68. The lowest BCUT2D eigenvalue weighted by Crippen LogP contribution is -2.29. The highest BCUT2D eigenvalue weighted by molar-refractivity contribution is 5.19. The zero-order valence-corrected chi connectivity index (χ0v) is 9.91. The summed E-state index contributed by atoms with van der Waals surface area (Å²) in [5, 5.41) is 12.1. The molecule has 0 fully saturated rings. The van der Waals surface area contributed by atoms with Gasteiger partial charge in [-0.2, -0.15) is 0 Å². The molecule has 0 aliphatic rings. The summed E-state index contributed by atoms with van der Waals surface area (Å²) < 4.78 is 13.0. The summed E-state index contributed by atoms with van der Waals surface area (Å²) in [5.74, 6) is -0.200. The minimum absolute atomic E-state index is 0.129. The first-order valence-corrected chi connectivity index (χ1v) is 5.76. The Morgan fingerprint density at radius 1 is 1.38 bits per heavy atom. The first-order chi connectivity index (χ1) is 7.63. The summed E-state index contributed by atoms with van der Waals surface area (Å²) in [4.78, 5) is 0. The topological polar surface area (TPSA) is 32.3 Å². The summed E-state index contributed by atoms with van der Waals surface area (Å²) in [6.45, 7) is 4.32. The molecule has 0 bridgehead atoms. The Bertz CT molecular complexity index is 317. The molecule has 2 unspecified atom stereocenters. The molecule has 3 heteroatoms. The van der Waals surface area contributed by atoms with Gasteiger partial charge in [-0.05, 0) is 44.4 Å². The molecular formula is C13H20FNO. The highest BCUT2D eigenvalue weighted by atomic mass is 19.1. The Labute approximate surface area is 96.5 Å². The summed E-state index contributed by atoms with van der Waals surface area (Å²) in [6.07, 6.45) is 1.72. The van der Waals surface area contributed by atoms with Gasteiger partial charge in [0.05, 0.1) is 0 Å². The average Bonchev–Trinajstić information content (AvgIpc) is 2.26. The molecule has 2 nitrogen and oxygen atoms in total. The van der Waals surface area contributed by atoms with Crippen LogP contribution in [0.3, 0.4) is 0 Å². The number of hydrogen-bond donors (Lipinski definition) is 2. The second-order valence-electron chi connectivity index (χ2n) is 4.21. The van der Waals surface area contributed by atoms with Crippen molar-refractivity contribution in [3.8, 4) is 0 Å². The SMILES string of the molecule is CC(CCCO)NC(C)c1cccc(F)c1. The van der Waals surface area contributed by atoms with Crippen molar-refractivity contribution in [3.05, 3.63) is 35.6 Å². The number of benzene rings is 1. The predicted molar refractivity (Wildman–Crippen MR) is 63.7 cm³/mol. The van der Waals surface area contributed by atoms with Crippen LogP contribution in [0.4, 0.5) is 4.39 Å². The van der Waals surface area contributed by atoms with E-state index in [-0.39, 0.29) is 18.5 Å². The minimum Gasteiger partial charge on any atom is -0.396 e. The van der Waals surface area contributed by atoms with E-state index in [1.54, 1.807) is 12.1 Å². The fourth-order valence-electron chi connectivity index (χ4n) is 1.78. The molecule has 16 heavy (non-hydrogen) atoms. The van der Waals surface area contributed by atoms with Crippen molar-refractivity contribution in [2.24, 2.45) is 0 Å². The van der Waals surface area contributed by atoms with Gasteiger partial charge in [-0.3, -0.25) is 0 Å². The van der Waals surface area contributed by atoms with Gasteiger partial charge in [0.25, 0.3) is 0 Å². The standard InChI is InChI=1S/C13H20FNO/c1-10(5-4-8-16)15-11(2)12-6-3-7-13(14)9-12/h3,6-7,9-11,15-16H,4-5,8H2,1-2H3. The van der Waals surface area contributed by atoms with Crippen molar-refractivity contribution < 1.29 is 9.50 Å². The second-order valence-corrected chi connectivity index (χ2v) is 4.21. The molecule has 0 saturated heterocycles. The Morgan fingerprint density at radius 3 is 2.75 bits per heavy atom. The van der Waals surface area contributed by atoms with Crippen LogP contribution in [-0.4, -0.2) is 17.8 Å². The summed E-state index contributed by atoms with van der Waals surface area (Å²) in [5.41, 5.74) is 0.954. The van der Waals surface area contributed by atoms with E-state index in [2.05, 4.69) is 12.2 Å². The molecule has 1 aromatic rings. The van der Waals surface area contributed by atoms with Crippen LogP contribution < -0.4 is 5.32 Å². The van der Waals surface area contributed by atoms with E-state index in [0.717, 1.165) is 18.4 Å². The maximum absolute atomic E-state index is 13.0. The van der Waals surface area contributed by atoms with Crippen molar-refractivity contribution >= 4 is 0 Å². The maximum atomic E-state index is 13.0. The number of nitrogens with one attached hydrogen (secondary N) is 1. The van der Waals surface area contributed by atoms with Gasteiger partial charge in [-0.25, -0.2) is 4.39 Å². The van der Waals surface area contributed by atoms with Crippen molar-refractivity contribution in [2.75, 3.05) is 6.61 Å². The zero-order valence-electron chi connectivity index (χ0n) is 9.91. The van der Waals surface area contributed by atoms with Gasteiger partial charge in [0.2, 0.25) is 0 Å². The van der Waals surface area contributed by atoms with Crippen molar-refractivity contribution in [3.63, 3.8) is 0 Å². The molecule has 0 aromatic heterocycles. The highest BCUT2D eigenvalue weighted by Gasteiger charge is 2.09. The van der Waals surface area contributed by atoms with Crippen LogP contribution in [0.2, 0.25) is 0 Å². The third kappa shape index (κ3) is 4.29. The van der Waals surface area contributed by atoms with E-state index >= 15 is 0 Å². The van der Waals surface area contributed by atoms with E-state index in [1.807, 2.05) is 13.0 Å². The summed E-state index contributed by atoms with van der Waals surface area (Å²) in [6, 6.07) is 7.09. The van der Waals surface area contributed by atoms with Crippen LogP contribution in [0.25, 0.3) is 0 Å². The van der Waals surface area contributed by atoms with Gasteiger partial charge < -0.3 is 10.4 Å². The quantitative estimate of drug-likeness (QED) is 0.780. The normalized spacial score (nSPS) is 14.8. The van der Waals surface area contributed by atoms with E-state index in [0.29, 0.717) is 6.04 Å². The first-order valence-electron chi connectivity index (χ1n) is 5.76. The van der Waals surface area contributed by atoms with E-state index in [9.17, 15) is 4.39 Å². The van der Waals surface area contributed by atoms with Crippen LogP contribution in [0.15, 0.2) is 24.3 Å². The molecule has 0 amide bonds. The number of hydrogen-bond acceptors (Lipinski definition) is 2. The Kier molecular flexibility index (Phi) is 5.43. The lowest BCUT2D eigenvalue weighted by Gasteiger charge is -2.20. The van der Waals surface area contributed by atoms with E-state index in [4.69, 9.17) is 5.11 Å². The zero-order chi connectivity index (χ0) is 12.0. The molecular weight excluding hydrogens is 205 g/mol. The van der Waals surface area contributed by atoms with Gasteiger partial charge in [-0.15, -0.1) is 0 Å². The van der Waals surface area contributed by atoms with Crippen LogP contribution in [0, 0.1) is 5.82 Å². The summed E-state index contributed by atoms with van der Waals surface area (Å²) >= 11 is 0. The van der Waals surface area contributed by atoms with Gasteiger partial charge in [-0.1, -0.05) is 12.1 Å². The van der Waals surface area contributed by atoms with Crippen molar-refractivity contribution in [1.29, 1.82) is 0 Å². The maximum Gasteiger partial charge on any atom is 0.123 e. The molecule has 0 aliphatic heterocycles. The third-order valence-corrected chi connectivity index (χ3v) is 2.68. The number of aliphatic hydroxyl groups excluding tert-OH is 1. The molecule has 0 heterocycles. The van der Waals surface area contributed by atoms with Crippen molar-refractivity contribution in [2.45, 2.75) is 38.8 Å². The first kappa shape index (κ1) is 13.1. The molecule has 1 aromatic carbocycles. The summed E-state index contributed by atoms with van der Waals surface area (Å²) in [7, 11) is 0. The average molecular weight is 225 g/mol. The number of halogens is 1. The monoisotopic (exact) mass is 225 g/mol. The fraction of sp³-hybridized carbons (Fsp3) is 0.538. The van der Waals surface area contributed by atoms with Gasteiger partial charge in [0.15, 0.2) is 0 Å².